The van der Waals surface area contributed by atoms with Crippen molar-refractivity contribution in [2.45, 2.75) is 12.5 Å². The molecule has 1 aliphatic rings. The summed E-state index contributed by atoms with van der Waals surface area (Å²) in [5.74, 6) is 0.767. The van der Waals surface area contributed by atoms with Crippen LogP contribution in [0.3, 0.4) is 0 Å². The Morgan fingerprint density at radius 1 is 1.60 bits per heavy atom. The van der Waals surface area contributed by atoms with Crippen LogP contribution in [-0.4, -0.2) is 24.1 Å². The van der Waals surface area contributed by atoms with Gasteiger partial charge in [-0.05, 0) is 18.6 Å². The molecule has 1 aromatic heterocycles. The predicted molar refractivity (Wildman–Crippen MR) is 61.0 cm³/mol. The zero-order valence-corrected chi connectivity index (χ0v) is 9.07. The number of hydrogen-bond donors (Lipinski definition) is 1. The molecule has 0 bridgehead atoms. The highest BCUT2D eigenvalue weighted by Gasteiger charge is 2.21. The third kappa shape index (κ3) is 2.38. The van der Waals surface area contributed by atoms with E-state index in [1.54, 1.807) is 18.3 Å². The number of anilines is 1. The van der Waals surface area contributed by atoms with E-state index in [0.29, 0.717) is 5.56 Å². The summed E-state index contributed by atoms with van der Waals surface area (Å²) in [4.78, 5) is 6.29. The summed E-state index contributed by atoms with van der Waals surface area (Å²) < 4.78 is 0. The number of pyridine rings is 1. The number of rotatable bonds is 1. The van der Waals surface area contributed by atoms with E-state index in [9.17, 15) is 0 Å². The molecule has 5 heteroatoms. The molecule has 2 N–H and O–H groups in total. The van der Waals surface area contributed by atoms with Gasteiger partial charge in [0.25, 0.3) is 0 Å². The summed E-state index contributed by atoms with van der Waals surface area (Å²) in [7, 11) is 0. The molecule has 1 aliphatic heterocycles. The number of aromatic nitrogens is 1. The summed E-state index contributed by atoms with van der Waals surface area (Å²) in [6, 6.07) is 5.91. The van der Waals surface area contributed by atoms with Crippen molar-refractivity contribution in [3.05, 3.63) is 23.9 Å². The summed E-state index contributed by atoms with van der Waals surface area (Å²) in [5, 5.41) is 8.90. The molecule has 0 radical (unpaired) electrons. The van der Waals surface area contributed by atoms with E-state index in [-0.39, 0.29) is 18.4 Å². The molecule has 1 fully saturated rings. The molecule has 4 nitrogen and oxygen atoms in total. The second kappa shape index (κ2) is 4.96. The molecular weight excluding hydrogens is 212 g/mol. The third-order valence-electron chi connectivity index (χ3n) is 2.43. The fraction of sp³-hybridized carbons (Fsp3) is 0.400. The van der Waals surface area contributed by atoms with Gasteiger partial charge in [0, 0.05) is 25.3 Å². The quantitative estimate of drug-likeness (QED) is 0.770. The number of hydrogen-bond acceptors (Lipinski definition) is 4. The van der Waals surface area contributed by atoms with Gasteiger partial charge in [0.05, 0.1) is 5.56 Å². The maximum atomic E-state index is 8.90. The Morgan fingerprint density at radius 3 is 3.00 bits per heavy atom. The summed E-state index contributed by atoms with van der Waals surface area (Å²) >= 11 is 0. The van der Waals surface area contributed by atoms with Gasteiger partial charge in [0.15, 0.2) is 0 Å². The second-order valence-corrected chi connectivity index (χ2v) is 3.48. The molecule has 2 heterocycles. The van der Waals surface area contributed by atoms with Gasteiger partial charge in [0.2, 0.25) is 0 Å². The topological polar surface area (TPSA) is 65.9 Å². The van der Waals surface area contributed by atoms with Crippen LogP contribution >= 0.6 is 12.4 Å². The van der Waals surface area contributed by atoms with Crippen LogP contribution in [0.2, 0.25) is 0 Å². The Hall–Kier alpha value is -1.31. The van der Waals surface area contributed by atoms with E-state index in [2.05, 4.69) is 16.0 Å². The van der Waals surface area contributed by atoms with E-state index >= 15 is 0 Å². The minimum Gasteiger partial charge on any atom is -0.354 e. The van der Waals surface area contributed by atoms with Crippen molar-refractivity contribution in [1.29, 1.82) is 5.26 Å². The van der Waals surface area contributed by atoms with Crippen LogP contribution in [0.15, 0.2) is 18.3 Å². The molecule has 1 atom stereocenters. The van der Waals surface area contributed by atoms with E-state index in [4.69, 9.17) is 11.0 Å². The zero-order chi connectivity index (χ0) is 9.97. The molecular formula is C10H13ClN4. The SMILES string of the molecule is Cl.N#Cc1cccnc1N1CC[C@@H](N)C1. The fourth-order valence-corrected chi connectivity index (χ4v) is 1.72. The molecule has 1 saturated heterocycles. The normalized spacial score (nSPS) is 19.5. The summed E-state index contributed by atoms with van der Waals surface area (Å²) in [5.41, 5.74) is 6.43. The van der Waals surface area contributed by atoms with Crippen LogP contribution in [0.25, 0.3) is 0 Å². The predicted octanol–water partition coefficient (Wildman–Crippen LogP) is 0.912. The summed E-state index contributed by atoms with van der Waals surface area (Å²) in [6.45, 7) is 1.69. The van der Waals surface area contributed by atoms with Crippen molar-refractivity contribution < 1.29 is 0 Å². The molecule has 15 heavy (non-hydrogen) atoms. The van der Waals surface area contributed by atoms with Gasteiger partial charge in [0.1, 0.15) is 11.9 Å². The van der Waals surface area contributed by atoms with Gasteiger partial charge in [-0.15, -0.1) is 12.4 Å². The highest BCUT2D eigenvalue weighted by Crippen LogP contribution is 2.20. The van der Waals surface area contributed by atoms with Crippen molar-refractivity contribution in [1.82, 2.24) is 4.98 Å². The Kier molecular flexibility index (Phi) is 3.89. The first-order valence-corrected chi connectivity index (χ1v) is 4.67. The van der Waals surface area contributed by atoms with Crippen molar-refractivity contribution in [2.24, 2.45) is 5.73 Å². The smallest absolute Gasteiger partial charge is 0.146 e. The van der Waals surface area contributed by atoms with Crippen LogP contribution in [0.5, 0.6) is 0 Å². The largest absolute Gasteiger partial charge is 0.354 e. The minimum absolute atomic E-state index is 0. The molecule has 1 aromatic rings. The number of nitrogens with two attached hydrogens (primary N) is 1. The number of nitriles is 1. The van der Waals surface area contributed by atoms with Gasteiger partial charge in [-0.1, -0.05) is 0 Å². The Morgan fingerprint density at radius 2 is 2.40 bits per heavy atom. The van der Waals surface area contributed by atoms with Gasteiger partial charge in [-0.2, -0.15) is 5.26 Å². The highest BCUT2D eigenvalue weighted by atomic mass is 35.5. The van der Waals surface area contributed by atoms with Crippen molar-refractivity contribution in [3.63, 3.8) is 0 Å². The van der Waals surface area contributed by atoms with Gasteiger partial charge in [-0.3, -0.25) is 0 Å². The van der Waals surface area contributed by atoms with E-state index < -0.39 is 0 Å². The second-order valence-electron chi connectivity index (χ2n) is 3.48. The lowest BCUT2D eigenvalue weighted by Gasteiger charge is -2.17. The van der Waals surface area contributed by atoms with E-state index in [1.807, 2.05) is 0 Å². The molecule has 2 rings (SSSR count). The third-order valence-corrected chi connectivity index (χ3v) is 2.43. The first-order valence-electron chi connectivity index (χ1n) is 4.67. The standard InChI is InChI=1S/C10H12N4.ClH/c11-6-8-2-1-4-13-10(8)14-5-3-9(12)7-14;/h1-2,4,9H,3,5,7,12H2;1H/t9-;/m1./s1. The van der Waals surface area contributed by atoms with Gasteiger partial charge in [-0.25, -0.2) is 4.98 Å². The average molecular weight is 225 g/mol. The van der Waals surface area contributed by atoms with Gasteiger partial charge >= 0.3 is 0 Å². The van der Waals surface area contributed by atoms with Crippen LogP contribution in [0.1, 0.15) is 12.0 Å². The Bertz CT molecular complexity index is 374. The lowest BCUT2D eigenvalue weighted by Crippen LogP contribution is -2.27. The maximum absolute atomic E-state index is 8.90. The fourth-order valence-electron chi connectivity index (χ4n) is 1.72. The Labute approximate surface area is 95.1 Å². The van der Waals surface area contributed by atoms with Crippen molar-refractivity contribution in [3.8, 4) is 6.07 Å². The zero-order valence-electron chi connectivity index (χ0n) is 8.26. The molecule has 0 saturated carbocycles. The first-order chi connectivity index (χ1) is 6.81. The van der Waals surface area contributed by atoms with Crippen LogP contribution in [-0.2, 0) is 0 Å². The molecule has 0 aliphatic carbocycles. The van der Waals surface area contributed by atoms with Crippen LogP contribution in [0.4, 0.5) is 5.82 Å². The average Bonchev–Trinajstić information content (AvgIpc) is 2.65. The molecule has 0 spiro atoms. The monoisotopic (exact) mass is 224 g/mol. The molecule has 0 amide bonds. The molecule has 0 unspecified atom stereocenters. The molecule has 0 aromatic carbocycles. The maximum Gasteiger partial charge on any atom is 0.146 e. The molecule has 80 valence electrons. The Balaban J connectivity index is 0.00000112. The van der Waals surface area contributed by atoms with Crippen molar-refractivity contribution in [2.75, 3.05) is 18.0 Å². The lowest BCUT2D eigenvalue weighted by molar-refractivity contribution is 0.751. The van der Waals surface area contributed by atoms with Crippen molar-refractivity contribution >= 4 is 18.2 Å². The highest BCUT2D eigenvalue weighted by molar-refractivity contribution is 5.85. The van der Waals surface area contributed by atoms with Crippen LogP contribution < -0.4 is 10.6 Å². The lowest BCUT2D eigenvalue weighted by atomic mass is 10.2. The number of nitrogens with zero attached hydrogens (tertiary/aromatic N) is 3. The first kappa shape index (κ1) is 11.8. The van der Waals surface area contributed by atoms with E-state index in [1.165, 1.54) is 0 Å². The number of halogens is 1. The van der Waals surface area contributed by atoms with Gasteiger partial charge < -0.3 is 10.6 Å². The summed E-state index contributed by atoms with van der Waals surface area (Å²) in [6.07, 6.45) is 2.68. The van der Waals surface area contributed by atoms with Crippen LogP contribution in [0, 0.1) is 11.3 Å². The van der Waals surface area contributed by atoms with E-state index in [0.717, 1.165) is 25.3 Å². The minimum atomic E-state index is 0.